The van der Waals surface area contributed by atoms with Crippen molar-refractivity contribution in [2.24, 2.45) is 17.1 Å². The van der Waals surface area contributed by atoms with Gasteiger partial charge < -0.3 is 16.0 Å². The molecule has 2 amide bonds. The minimum absolute atomic E-state index is 0.114. The number of nitrogens with zero attached hydrogens (tertiary/aromatic N) is 2. The van der Waals surface area contributed by atoms with Gasteiger partial charge in [0.2, 0.25) is 11.8 Å². The van der Waals surface area contributed by atoms with Crippen LogP contribution in [-0.4, -0.2) is 66.9 Å². The average molecular weight is 365 g/mol. The molecule has 0 aromatic heterocycles. The van der Waals surface area contributed by atoms with E-state index in [1.807, 2.05) is 4.90 Å². The Hall–Kier alpha value is -1.14. The molecule has 1 saturated carbocycles. The zero-order chi connectivity index (χ0) is 18.6. The predicted octanol–water partition coefficient (Wildman–Crippen LogP) is 1.34. The Morgan fingerprint density at radius 3 is 2.38 bits per heavy atom. The molecule has 2 aliphatic heterocycles. The average Bonchev–Trinajstić information content (AvgIpc) is 3.03. The van der Waals surface area contributed by atoms with E-state index in [1.165, 1.54) is 19.3 Å². The first-order valence-corrected chi connectivity index (χ1v) is 10.5. The van der Waals surface area contributed by atoms with E-state index < -0.39 is 0 Å². The molecule has 0 aromatic rings. The molecule has 2 heterocycles. The third-order valence-corrected chi connectivity index (χ3v) is 6.62. The summed E-state index contributed by atoms with van der Waals surface area (Å²) >= 11 is 0. The maximum Gasteiger partial charge on any atom is 0.234 e. The number of amides is 2. The van der Waals surface area contributed by atoms with E-state index in [2.05, 4.69) is 17.1 Å². The van der Waals surface area contributed by atoms with E-state index in [-0.39, 0.29) is 23.3 Å². The van der Waals surface area contributed by atoms with Crippen LogP contribution in [0.1, 0.15) is 58.3 Å². The molecule has 2 saturated heterocycles. The lowest BCUT2D eigenvalue weighted by Crippen LogP contribution is -2.49. The van der Waals surface area contributed by atoms with Gasteiger partial charge in [-0.05, 0) is 50.6 Å². The van der Waals surface area contributed by atoms with Gasteiger partial charge in [0.1, 0.15) is 0 Å². The van der Waals surface area contributed by atoms with Crippen LogP contribution in [-0.2, 0) is 9.59 Å². The number of nitrogens with one attached hydrogen (secondary N) is 1. The number of carbonyl (C=O) groups excluding carboxylic acids is 2. The molecule has 0 aromatic carbocycles. The molecule has 1 atom stereocenters. The molecule has 3 aliphatic rings. The predicted molar refractivity (Wildman–Crippen MR) is 103 cm³/mol. The smallest absolute Gasteiger partial charge is 0.234 e. The third kappa shape index (κ3) is 4.97. The Labute approximate surface area is 157 Å². The highest BCUT2D eigenvalue weighted by molar-refractivity contribution is 5.79. The van der Waals surface area contributed by atoms with Crippen LogP contribution >= 0.6 is 0 Å². The summed E-state index contributed by atoms with van der Waals surface area (Å²) in [5, 5.41) is 3.18. The minimum atomic E-state index is 0.114. The molecule has 3 fully saturated rings. The highest BCUT2D eigenvalue weighted by Crippen LogP contribution is 2.28. The van der Waals surface area contributed by atoms with Crippen molar-refractivity contribution in [3.8, 4) is 0 Å². The topological polar surface area (TPSA) is 78.7 Å². The van der Waals surface area contributed by atoms with Gasteiger partial charge in [-0.2, -0.15) is 0 Å². The van der Waals surface area contributed by atoms with Gasteiger partial charge >= 0.3 is 0 Å². The lowest BCUT2D eigenvalue weighted by Gasteiger charge is -2.35. The molecular formula is C20H36N4O2. The quantitative estimate of drug-likeness (QED) is 0.772. The summed E-state index contributed by atoms with van der Waals surface area (Å²) in [5.74, 6) is 0.720. The van der Waals surface area contributed by atoms with E-state index >= 15 is 0 Å². The second kappa shape index (κ2) is 8.70. The number of likely N-dealkylation sites (tertiary alicyclic amines) is 2. The van der Waals surface area contributed by atoms with Crippen molar-refractivity contribution in [2.75, 3.05) is 39.3 Å². The molecule has 6 heteroatoms. The third-order valence-electron chi connectivity index (χ3n) is 6.62. The van der Waals surface area contributed by atoms with Gasteiger partial charge in [-0.1, -0.05) is 26.2 Å². The van der Waals surface area contributed by atoms with E-state index in [1.54, 1.807) is 0 Å². The summed E-state index contributed by atoms with van der Waals surface area (Å²) in [6.45, 7) is 6.78. The Kier molecular flexibility index (Phi) is 6.56. The van der Waals surface area contributed by atoms with Crippen molar-refractivity contribution < 1.29 is 9.59 Å². The highest BCUT2D eigenvalue weighted by Gasteiger charge is 2.34. The Bertz CT molecular complexity index is 498. The summed E-state index contributed by atoms with van der Waals surface area (Å²) in [7, 11) is 0. The lowest BCUT2D eigenvalue weighted by molar-refractivity contribution is -0.137. The zero-order valence-electron chi connectivity index (χ0n) is 16.3. The minimum Gasteiger partial charge on any atom is -0.352 e. The van der Waals surface area contributed by atoms with Gasteiger partial charge in [0.15, 0.2) is 0 Å². The molecule has 3 N–H and O–H groups in total. The van der Waals surface area contributed by atoms with Gasteiger partial charge in [-0.3, -0.25) is 14.5 Å². The zero-order valence-corrected chi connectivity index (χ0v) is 16.3. The number of carbonyl (C=O) groups is 2. The second-order valence-electron chi connectivity index (χ2n) is 8.98. The van der Waals surface area contributed by atoms with Crippen molar-refractivity contribution in [3.63, 3.8) is 0 Å². The first-order valence-electron chi connectivity index (χ1n) is 10.5. The number of piperidine rings is 1. The Morgan fingerprint density at radius 1 is 1.08 bits per heavy atom. The van der Waals surface area contributed by atoms with E-state index in [4.69, 9.17) is 5.73 Å². The van der Waals surface area contributed by atoms with Gasteiger partial charge in [0.05, 0.1) is 6.54 Å². The highest BCUT2D eigenvalue weighted by atomic mass is 16.2. The first kappa shape index (κ1) is 19.6. The monoisotopic (exact) mass is 364 g/mol. The number of nitrogens with two attached hydrogens (primary N) is 1. The SMILES string of the molecule is CC1(CN)CCN(CC(=O)NC2CCN(C(=O)C3CCCCC3)CC2)C1. The van der Waals surface area contributed by atoms with Crippen LogP contribution in [0.15, 0.2) is 0 Å². The van der Waals surface area contributed by atoms with Crippen LogP contribution in [0, 0.1) is 11.3 Å². The number of hydrogen-bond donors (Lipinski definition) is 2. The molecular weight excluding hydrogens is 328 g/mol. The lowest BCUT2D eigenvalue weighted by atomic mass is 9.87. The van der Waals surface area contributed by atoms with E-state index in [0.717, 1.165) is 58.3 Å². The first-order chi connectivity index (χ1) is 12.5. The van der Waals surface area contributed by atoms with Crippen molar-refractivity contribution in [2.45, 2.75) is 64.3 Å². The largest absolute Gasteiger partial charge is 0.352 e. The van der Waals surface area contributed by atoms with E-state index in [0.29, 0.717) is 19.0 Å². The van der Waals surface area contributed by atoms with Gasteiger partial charge in [0, 0.05) is 31.6 Å². The fourth-order valence-corrected chi connectivity index (χ4v) is 4.76. The molecule has 26 heavy (non-hydrogen) atoms. The number of rotatable bonds is 5. The number of hydrogen-bond acceptors (Lipinski definition) is 4. The normalized spacial score (nSPS) is 29.1. The summed E-state index contributed by atoms with van der Waals surface area (Å²) in [6, 6.07) is 0.210. The summed E-state index contributed by atoms with van der Waals surface area (Å²) in [4.78, 5) is 29.2. The fraction of sp³-hybridized carbons (Fsp3) is 0.900. The van der Waals surface area contributed by atoms with E-state index in [9.17, 15) is 9.59 Å². The molecule has 0 radical (unpaired) electrons. The second-order valence-corrected chi connectivity index (χ2v) is 8.98. The van der Waals surface area contributed by atoms with Crippen molar-refractivity contribution >= 4 is 11.8 Å². The van der Waals surface area contributed by atoms with Crippen LogP contribution in [0.25, 0.3) is 0 Å². The van der Waals surface area contributed by atoms with Crippen LogP contribution in [0.2, 0.25) is 0 Å². The summed E-state index contributed by atoms with van der Waals surface area (Å²) < 4.78 is 0. The molecule has 6 nitrogen and oxygen atoms in total. The Morgan fingerprint density at radius 2 is 1.77 bits per heavy atom. The van der Waals surface area contributed by atoms with Crippen LogP contribution < -0.4 is 11.1 Å². The van der Waals surface area contributed by atoms with Crippen LogP contribution in [0.3, 0.4) is 0 Å². The van der Waals surface area contributed by atoms with Crippen LogP contribution in [0.4, 0.5) is 0 Å². The Balaban J connectivity index is 1.37. The summed E-state index contributed by atoms with van der Waals surface area (Å²) in [6.07, 6.45) is 8.62. The molecule has 148 valence electrons. The fourth-order valence-electron chi connectivity index (χ4n) is 4.76. The maximum atomic E-state index is 12.6. The standard InChI is InChI=1S/C20H36N4O2/c1-20(14-21)9-12-23(15-20)13-18(25)22-17-7-10-24(11-8-17)19(26)16-5-3-2-4-6-16/h16-17H,2-15,21H2,1H3,(H,22,25). The van der Waals surface area contributed by atoms with Gasteiger partial charge in [-0.15, -0.1) is 0 Å². The van der Waals surface area contributed by atoms with Crippen LogP contribution in [0.5, 0.6) is 0 Å². The maximum absolute atomic E-state index is 12.6. The molecule has 3 rings (SSSR count). The van der Waals surface area contributed by atoms with Crippen molar-refractivity contribution in [1.82, 2.24) is 15.1 Å². The van der Waals surface area contributed by atoms with Crippen molar-refractivity contribution in [3.05, 3.63) is 0 Å². The van der Waals surface area contributed by atoms with Gasteiger partial charge in [0.25, 0.3) is 0 Å². The molecule has 0 spiro atoms. The van der Waals surface area contributed by atoms with Crippen molar-refractivity contribution in [1.29, 1.82) is 0 Å². The summed E-state index contributed by atoms with van der Waals surface area (Å²) in [5.41, 5.74) is 6.00. The molecule has 1 unspecified atom stereocenters. The molecule has 1 aliphatic carbocycles. The molecule has 0 bridgehead atoms. The van der Waals surface area contributed by atoms with Gasteiger partial charge in [-0.25, -0.2) is 0 Å².